The first-order valence-electron chi connectivity index (χ1n) is 10.4. The Morgan fingerprint density at radius 3 is 2.50 bits per heavy atom. The van der Waals surface area contributed by atoms with Crippen LogP contribution in [0.2, 0.25) is 0 Å². The van der Waals surface area contributed by atoms with Gasteiger partial charge < -0.3 is 14.8 Å². The van der Waals surface area contributed by atoms with E-state index in [4.69, 9.17) is 0 Å². The molecule has 0 heterocycles. The van der Waals surface area contributed by atoms with Gasteiger partial charge in [0.05, 0.1) is 17.8 Å². The number of carboxylic acid groups (broad SMARTS) is 1. The lowest BCUT2D eigenvalue weighted by atomic mass is 9.35. The van der Waals surface area contributed by atoms with E-state index in [1.54, 1.807) is 6.26 Å². The Balaban J connectivity index is 1.70. The van der Waals surface area contributed by atoms with E-state index < -0.39 is 22.6 Å². The highest BCUT2D eigenvalue weighted by molar-refractivity contribution is 7.90. The van der Waals surface area contributed by atoms with E-state index in [0.717, 1.165) is 51.4 Å². The predicted octanol–water partition coefficient (Wildman–Crippen LogP) is 3.45. The number of aliphatic hydroxyl groups excluding tert-OH is 1. The molecule has 148 valence electrons. The zero-order chi connectivity index (χ0) is 18.9. The molecular weight excluding hydrogens is 348 g/mol. The van der Waals surface area contributed by atoms with Crippen LogP contribution < -0.4 is 0 Å². The Morgan fingerprint density at radius 1 is 1.15 bits per heavy atom. The molecule has 1 unspecified atom stereocenters. The van der Waals surface area contributed by atoms with Gasteiger partial charge in [0.25, 0.3) is 0 Å². The fourth-order valence-corrected chi connectivity index (χ4v) is 9.23. The topological polar surface area (TPSA) is 80.6 Å². The number of hydrogen-bond acceptors (Lipinski definition) is 3. The second-order valence-corrected chi connectivity index (χ2v) is 11.8. The van der Waals surface area contributed by atoms with Gasteiger partial charge in [0, 0.05) is 11.3 Å². The van der Waals surface area contributed by atoms with Crippen LogP contribution in [0.1, 0.15) is 65.2 Å². The van der Waals surface area contributed by atoms with Gasteiger partial charge in [-0.15, -0.1) is 0 Å². The van der Waals surface area contributed by atoms with Crippen LogP contribution in [-0.4, -0.2) is 38.8 Å². The summed E-state index contributed by atoms with van der Waals surface area (Å²) in [6.07, 6.45) is 9.42. The zero-order valence-corrected chi connectivity index (χ0v) is 17.2. The van der Waals surface area contributed by atoms with Crippen molar-refractivity contribution < 1.29 is 19.6 Å². The molecule has 5 saturated carbocycles. The van der Waals surface area contributed by atoms with Gasteiger partial charge in [-0.05, 0) is 75.0 Å². The second-order valence-electron chi connectivity index (χ2n) is 10.3. The summed E-state index contributed by atoms with van der Waals surface area (Å²) in [5.74, 6) is 1.23. The first-order chi connectivity index (χ1) is 12.1. The summed E-state index contributed by atoms with van der Waals surface area (Å²) < 4.78 is 11.9. The molecule has 0 radical (unpaired) electrons. The molecule has 0 aromatic heterocycles. The van der Waals surface area contributed by atoms with E-state index in [0.29, 0.717) is 17.6 Å². The fourth-order valence-electron chi connectivity index (χ4n) is 8.23. The van der Waals surface area contributed by atoms with Gasteiger partial charge in [-0.25, -0.2) is 0 Å². The van der Waals surface area contributed by atoms with Crippen LogP contribution in [0.5, 0.6) is 0 Å². The molecule has 9 atom stereocenters. The molecule has 2 bridgehead atoms. The van der Waals surface area contributed by atoms with Crippen molar-refractivity contribution >= 4 is 17.1 Å². The lowest BCUT2D eigenvalue weighted by molar-refractivity contribution is -0.241. The van der Waals surface area contributed by atoms with Crippen LogP contribution >= 0.6 is 0 Å². The maximum Gasteiger partial charge on any atom is 0.309 e. The summed E-state index contributed by atoms with van der Waals surface area (Å²) in [5, 5.41) is 21.4. The Labute approximate surface area is 160 Å². The number of carbonyl (C=O) groups is 1. The second kappa shape index (κ2) is 6.12. The minimum atomic E-state index is -0.876. The van der Waals surface area contributed by atoms with Crippen molar-refractivity contribution in [3.63, 3.8) is 0 Å². The van der Waals surface area contributed by atoms with Crippen molar-refractivity contribution in [2.45, 2.75) is 71.3 Å². The van der Waals surface area contributed by atoms with Crippen LogP contribution in [0.15, 0.2) is 0 Å². The molecule has 5 rings (SSSR count). The SMILES string of the molecule is C[S+]([O-])C[C@@H]1[C@H]2CC[C@@]3(CC[C@H]4[C@@](C)(CCC[C@@]4(C)C(=O)O)[C@@H]3C2)[C@H]1O. The molecule has 5 aliphatic carbocycles. The van der Waals surface area contributed by atoms with Gasteiger partial charge in [-0.2, -0.15) is 0 Å². The van der Waals surface area contributed by atoms with Crippen molar-refractivity contribution in [3.8, 4) is 0 Å². The quantitative estimate of drug-likeness (QED) is 0.733. The number of rotatable bonds is 3. The summed E-state index contributed by atoms with van der Waals surface area (Å²) in [5.41, 5.74) is -0.680. The maximum atomic E-state index is 12.1. The van der Waals surface area contributed by atoms with E-state index in [-0.39, 0.29) is 28.8 Å². The van der Waals surface area contributed by atoms with Crippen LogP contribution in [-0.2, 0) is 16.0 Å². The molecule has 0 aliphatic heterocycles. The molecular formula is C21H34O4S. The summed E-state index contributed by atoms with van der Waals surface area (Å²) in [6.45, 7) is 4.31. The van der Waals surface area contributed by atoms with Gasteiger partial charge in [0.2, 0.25) is 0 Å². The van der Waals surface area contributed by atoms with Crippen LogP contribution in [0.25, 0.3) is 0 Å². The number of aliphatic hydroxyl groups is 1. The highest BCUT2D eigenvalue weighted by Gasteiger charge is 2.68. The fraction of sp³-hybridized carbons (Fsp3) is 0.952. The largest absolute Gasteiger partial charge is 0.617 e. The van der Waals surface area contributed by atoms with Gasteiger partial charge in [0.1, 0.15) is 5.75 Å². The molecule has 4 nitrogen and oxygen atoms in total. The van der Waals surface area contributed by atoms with Gasteiger partial charge >= 0.3 is 5.97 Å². The first-order valence-corrected chi connectivity index (χ1v) is 12.1. The lowest BCUT2D eigenvalue weighted by Crippen LogP contribution is -2.67. The minimum absolute atomic E-state index is 0.0135. The Morgan fingerprint density at radius 2 is 1.85 bits per heavy atom. The number of carboxylic acids is 1. The standard InChI is InChI=1S/C21H34O4S/c1-19-7-4-8-20(2,18(23)24)15(19)6-10-21-9-5-13(11-16(19)21)14(17(21)22)12-26(3)25/h13-17,22H,4-12H2,1-3H3,(H,23,24)/t13-,14+,15-,16-,17-,19+,20+,21-,26?/m0/s1. The van der Waals surface area contributed by atoms with Gasteiger partial charge in [0.15, 0.2) is 0 Å². The zero-order valence-electron chi connectivity index (χ0n) is 16.4. The third-order valence-electron chi connectivity index (χ3n) is 9.40. The predicted molar refractivity (Wildman–Crippen MR) is 102 cm³/mol. The molecule has 5 fully saturated rings. The molecule has 2 N–H and O–H groups in total. The first kappa shape index (κ1) is 19.1. The van der Waals surface area contributed by atoms with Crippen molar-refractivity contribution in [2.24, 2.45) is 39.9 Å². The normalized spacial score (nSPS) is 54.3. The smallest absolute Gasteiger partial charge is 0.309 e. The summed E-state index contributed by atoms with van der Waals surface area (Å²) in [7, 11) is 0. The molecule has 0 amide bonds. The summed E-state index contributed by atoms with van der Waals surface area (Å²) in [6, 6.07) is 0. The molecule has 1 spiro atoms. The summed E-state index contributed by atoms with van der Waals surface area (Å²) in [4.78, 5) is 12.1. The molecule has 0 aromatic carbocycles. The van der Waals surface area contributed by atoms with Crippen LogP contribution in [0.3, 0.4) is 0 Å². The maximum absolute atomic E-state index is 12.1. The molecule has 0 saturated heterocycles. The van der Waals surface area contributed by atoms with Crippen molar-refractivity contribution in [1.82, 2.24) is 0 Å². The van der Waals surface area contributed by atoms with E-state index >= 15 is 0 Å². The van der Waals surface area contributed by atoms with E-state index in [9.17, 15) is 19.6 Å². The molecule has 0 aromatic rings. The van der Waals surface area contributed by atoms with E-state index in [1.165, 1.54) is 0 Å². The molecule has 26 heavy (non-hydrogen) atoms. The highest BCUT2D eigenvalue weighted by Crippen LogP contribution is 2.72. The van der Waals surface area contributed by atoms with Crippen LogP contribution in [0, 0.1) is 39.9 Å². The Bertz CT molecular complexity index is 595. The molecule has 5 aliphatic rings. The van der Waals surface area contributed by atoms with E-state index in [2.05, 4.69) is 6.92 Å². The van der Waals surface area contributed by atoms with Crippen molar-refractivity contribution in [3.05, 3.63) is 0 Å². The van der Waals surface area contributed by atoms with E-state index in [1.807, 2.05) is 6.92 Å². The molecule has 5 heteroatoms. The summed E-state index contributed by atoms with van der Waals surface area (Å²) >= 11 is -0.876. The average molecular weight is 383 g/mol. The van der Waals surface area contributed by atoms with Crippen molar-refractivity contribution in [2.75, 3.05) is 12.0 Å². The lowest BCUT2D eigenvalue weighted by Gasteiger charge is -2.69. The monoisotopic (exact) mass is 382 g/mol. The number of hydrogen-bond donors (Lipinski definition) is 2. The van der Waals surface area contributed by atoms with Crippen LogP contribution in [0.4, 0.5) is 0 Å². The average Bonchev–Trinajstić information content (AvgIpc) is 2.57. The highest BCUT2D eigenvalue weighted by atomic mass is 32.2. The number of fused-ring (bicyclic) bond motifs is 3. The van der Waals surface area contributed by atoms with Gasteiger partial charge in [-0.1, -0.05) is 24.5 Å². The van der Waals surface area contributed by atoms with Gasteiger partial charge in [-0.3, -0.25) is 4.79 Å². The Hall–Kier alpha value is -0.260. The van der Waals surface area contributed by atoms with Crippen molar-refractivity contribution in [1.29, 1.82) is 0 Å². The third kappa shape index (κ3) is 2.39. The third-order valence-corrected chi connectivity index (χ3v) is 10.3. The number of aliphatic carboxylic acids is 1. The Kier molecular flexibility index (Phi) is 4.49. The minimum Gasteiger partial charge on any atom is -0.617 e.